The van der Waals surface area contributed by atoms with Crippen LogP contribution in [0, 0.1) is 0 Å². The number of hydrogen-bond donors (Lipinski definition) is 1. The average molecular weight is 218 g/mol. The van der Waals surface area contributed by atoms with E-state index in [1.165, 1.54) is 0 Å². The van der Waals surface area contributed by atoms with Gasteiger partial charge in [-0.3, -0.25) is 4.79 Å². The predicted octanol–water partition coefficient (Wildman–Crippen LogP) is 1.51. The highest BCUT2D eigenvalue weighted by Crippen LogP contribution is 2.08. The Bertz CT molecular complexity index is 172. The molecule has 0 saturated heterocycles. The second kappa shape index (κ2) is 7.65. The number of aliphatic hydroxyl groups excluding tert-OH is 1. The van der Waals surface area contributed by atoms with Gasteiger partial charge in [0.1, 0.15) is 5.60 Å². The minimum Gasteiger partial charge on any atom is -0.460 e. The van der Waals surface area contributed by atoms with Gasteiger partial charge in [0.25, 0.3) is 0 Å². The van der Waals surface area contributed by atoms with Crippen molar-refractivity contribution in [1.82, 2.24) is 0 Å². The zero-order chi connectivity index (χ0) is 11.7. The SMILES string of the molecule is CC(C)(C)OC(=O)CCOCCCCO. The third-order valence-corrected chi connectivity index (χ3v) is 1.57. The fourth-order valence-electron chi connectivity index (χ4n) is 0.966. The van der Waals surface area contributed by atoms with Gasteiger partial charge in [-0.05, 0) is 33.6 Å². The van der Waals surface area contributed by atoms with Gasteiger partial charge < -0.3 is 14.6 Å². The molecule has 1 N–H and O–H groups in total. The predicted molar refractivity (Wildman–Crippen MR) is 57.6 cm³/mol. The molecule has 0 bridgehead atoms. The summed E-state index contributed by atoms with van der Waals surface area (Å²) in [6.07, 6.45) is 1.85. The van der Waals surface area contributed by atoms with Crippen molar-refractivity contribution in [2.75, 3.05) is 19.8 Å². The number of aliphatic hydroxyl groups is 1. The highest BCUT2D eigenvalue weighted by molar-refractivity contribution is 5.69. The van der Waals surface area contributed by atoms with Crippen LogP contribution >= 0.6 is 0 Å². The summed E-state index contributed by atoms with van der Waals surface area (Å²) in [6.45, 7) is 6.69. The van der Waals surface area contributed by atoms with Gasteiger partial charge in [0.05, 0.1) is 13.0 Å². The largest absolute Gasteiger partial charge is 0.460 e. The highest BCUT2D eigenvalue weighted by Gasteiger charge is 2.15. The van der Waals surface area contributed by atoms with Gasteiger partial charge in [-0.25, -0.2) is 0 Å². The Morgan fingerprint density at radius 1 is 1.20 bits per heavy atom. The summed E-state index contributed by atoms with van der Waals surface area (Å²) in [7, 11) is 0. The lowest BCUT2D eigenvalue weighted by molar-refractivity contribution is -0.156. The van der Waals surface area contributed by atoms with E-state index in [4.69, 9.17) is 14.6 Å². The summed E-state index contributed by atoms with van der Waals surface area (Å²) >= 11 is 0. The maximum atomic E-state index is 11.2. The van der Waals surface area contributed by atoms with Crippen molar-refractivity contribution in [2.24, 2.45) is 0 Å². The third-order valence-electron chi connectivity index (χ3n) is 1.57. The molecule has 0 aromatic carbocycles. The van der Waals surface area contributed by atoms with Gasteiger partial charge in [-0.2, -0.15) is 0 Å². The summed E-state index contributed by atoms with van der Waals surface area (Å²) in [5, 5.41) is 8.51. The first-order valence-corrected chi connectivity index (χ1v) is 5.36. The van der Waals surface area contributed by atoms with Crippen molar-refractivity contribution < 1.29 is 19.4 Å². The molecule has 15 heavy (non-hydrogen) atoms. The Morgan fingerprint density at radius 3 is 2.40 bits per heavy atom. The first kappa shape index (κ1) is 14.4. The molecule has 0 aromatic rings. The molecule has 0 amide bonds. The maximum Gasteiger partial charge on any atom is 0.308 e. The van der Waals surface area contributed by atoms with E-state index >= 15 is 0 Å². The molecular weight excluding hydrogens is 196 g/mol. The van der Waals surface area contributed by atoms with Crippen molar-refractivity contribution in [3.63, 3.8) is 0 Å². The molecule has 0 aliphatic rings. The zero-order valence-corrected chi connectivity index (χ0v) is 9.91. The van der Waals surface area contributed by atoms with Crippen LogP contribution in [-0.4, -0.2) is 36.5 Å². The number of hydrogen-bond acceptors (Lipinski definition) is 4. The number of carbonyl (C=O) groups excluding carboxylic acids is 1. The van der Waals surface area contributed by atoms with Crippen LogP contribution in [-0.2, 0) is 14.3 Å². The van der Waals surface area contributed by atoms with Gasteiger partial charge in [0.2, 0.25) is 0 Å². The summed E-state index contributed by atoms with van der Waals surface area (Å²) in [5.41, 5.74) is -0.423. The molecule has 0 saturated carbocycles. The van der Waals surface area contributed by atoms with E-state index < -0.39 is 5.60 Å². The first-order valence-electron chi connectivity index (χ1n) is 5.36. The van der Waals surface area contributed by atoms with Gasteiger partial charge in [-0.15, -0.1) is 0 Å². The molecule has 0 spiro atoms. The molecule has 4 nitrogen and oxygen atoms in total. The molecule has 0 aliphatic carbocycles. The molecule has 0 heterocycles. The number of esters is 1. The van der Waals surface area contributed by atoms with Crippen molar-refractivity contribution in [3.8, 4) is 0 Å². The lowest BCUT2D eigenvalue weighted by Crippen LogP contribution is -2.24. The molecule has 0 fully saturated rings. The molecule has 0 radical (unpaired) electrons. The first-order chi connectivity index (χ1) is 6.95. The summed E-state index contributed by atoms with van der Waals surface area (Å²) in [4.78, 5) is 11.2. The number of rotatable bonds is 7. The van der Waals surface area contributed by atoms with Crippen LogP contribution in [0.25, 0.3) is 0 Å². The zero-order valence-electron chi connectivity index (χ0n) is 9.91. The Hall–Kier alpha value is -0.610. The van der Waals surface area contributed by atoms with Crippen LogP contribution in [0.5, 0.6) is 0 Å². The van der Waals surface area contributed by atoms with Crippen molar-refractivity contribution >= 4 is 5.97 Å². The molecule has 0 unspecified atom stereocenters. The second-order valence-electron chi connectivity index (χ2n) is 4.38. The molecule has 0 rings (SSSR count). The van der Waals surface area contributed by atoms with E-state index in [0.717, 1.165) is 12.8 Å². The molecule has 0 aliphatic heterocycles. The standard InChI is InChI=1S/C11H22O4/c1-11(2,3)15-10(13)6-9-14-8-5-4-7-12/h12H,4-9H2,1-3H3. The van der Waals surface area contributed by atoms with Crippen molar-refractivity contribution in [2.45, 2.75) is 45.6 Å². The number of unbranched alkanes of at least 4 members (excludes halogenated alkanes) is 1. The Labute approximate surface area is 91.6 Å². The lowest BCUT2D eigenvalue weighted by atomic mass is 10.2. The number of ether oxygens (including phenoxy) is 2. The van der Waals surface area contributed by atoms with Crippen LogP contribution in [0.15, 0.2) is 0 Å². The van der Waals surface area contributed by atoms with Crippen LogP contribution in [0.3, 0.4) is 0 Å². The molecule has 90 valence electrons. The molecule has 0 atom stereocenters. The molecule has 4 heteroatoms. The smallest absolute Gasteiger partial charge is 0.308 e. The van der Waals surface area contributed by atoms with Crippen LogP contribution in [0.2, 0.25) is 0 Å². The maximum absolute atomic E-state index is 11.2. The van der Waals surface area contributed by atoms with Gasteiger partial charge >= 0.3 is 5.97 Å². The van der Waals surface area contributed by atoms with E-state index in [1.54, 1.807) is 0 Å². The number of carbonyl (C=O) groups is 1. The van der Waals surface area contributed by atoms with Gasteiger partial charge in [0.15, 0.2) is 0 Å². The summed E-state index contributed by atoms with van der Waals surface area (Å²) in [6, 6.07) is 0. The summed E-state index contributed by atoms with van der Waals surface area (Å²) < 4.78 is 10.3. The minimum atomic E-state index is -0.423. The van der Waals surface area contributed by atoms with Gasteiger partial charge in [0, 0.05) is 13.2 Å². The average Bonchev–Trinajstić information content (AvgIpc) is 2.08. The monoisotopic (exact) mass is 218 g/mol. The van der Waals surface area contributed by atoms with Gasteiger partial charge in [-0.1, -0.05) is 0 Å². The highest BCUT2D eigenvalue weighted by atomic mass is 16.6. The van der Waals surface area contributed by atoms with Crippen LogP contribution in [0.1, 0.15) is 40.0 Å². The Balaban J connectivity index is 3.32. The quantitative estimate of drug-likeness (QED) is 0.520. The van der Waals surface area contributed by atoms with Crippen LogP contribution in [0.4, 0.5) is 0 Å². The Morgan fingerprint density at radius 2 is 1.87 bits per heavy atom. The van der Waals surface area contributed by atoms with Crippen LogP contribution < -0.4 is 0 Å². The van der Waals surface area contributed by atoms with E-state index in [2.05, 4.69) is 0 Å². The minimum absolute atomic E-state index is 0.190. The lowest BCUT2D eigenvalue weighted by Gasteiger charge is -2.19. The fourth-order valence-corrected chi connectivity index (χ4v) is 0.966. The van der Waals surface area contributed by atoms with E-state index in [1.807, 2.05) is 20.8 Å². The van der Waals surface area contributed by atoms with Crippen molar-refractivity contribution in [1.29, 1.82) is 0 Å². The molecule has 0 aromatic heterocycles. The van der Waals surface area contributed by atoms with E-state index in [-0.39, 0.29) is 19.0 Å². The summed E-state index contributed by atoms with van der Waals surface area (Å²) in [5.74, 6) is -0.232. The van der Waals surface area contributed by atoms with E-state index in [9.17, 15) is 4.79 Å². The second-order valence-corrected chi connectivity index (χ2v) is 4.38. The third kappa shape index (κ3) is 11.3. The Kier molecular flexibility index (Phi) is 7.34. The van der Waals surface area contributed by atoms with Crippen molar-refractivity contribution in [3.05, 3.63) is 0 Å². The van der Waals surface area contributed by atoms with E-state index in [0.29, 0.717) is 13.2 Å². The normalized spacial score (nSPS) is 11.5. The topological polar surface area (TPSA) is 55.8 Å². The fraction of sp³-hybridized carbons (Fsp3) is 0.909. The molecular formula is C11H22O4.